The predicted octanol–water partition coefficient (Wildman–Crippen LogP) is 2.59. The van der Waals surface area contributed by atoms with Crippen LogP contribution in [0.15, 0.2) is 30.5 Å². The van der Waals surface area contributed by atoms with E-state index in [0.717, 1.165) is 12.1 Å². The first-order valence-electron chi connectivity index (χ1n) is 4.83. The van der Waals surface area contributed by atoms with Crippen LogP contribution in [0.4, 0.5) is 14.7 Å². The molecule has 0 atom stereocenters. The SMILES string of the molecule is CNc1nccc(Oc2ccc(F)cc2F)n1. The highest BCUT2D eigenvalue weighted by Gasteiger charge is 2.07. The molecule has 4 nitrogen and oxygen atoms in total. The molecule has 0 saturated heterocycles. The van der Waals surface area contributed by atoms with Crippen molar-refractivity contribution in [2.24, 2.45) is 0 Å². The van der Waals surface area contributed by atoms with E-state index in [1.165, 1.54) is 18.3 Å². The molecule has 0 radical (unpaired) electrons. The van der Waals surface area contributed by atoms with Crippen LogP contribution < -0.4 is 10.1 Å². The first-order chi connectivity index (χ1) is 8.19. The molecule has 6 heteroatoms. The van der Waals surface area contributed by atoms with Crippen LogP contribution in [0, 0.1) is 11.6 Å². The Morgan fingerprint density at radius 3 is 2.76 bits per heavy atom. The van der Waals surface area contributed by atoms with Crippen molar-refractivity contribution in [1.29, 1.82) is 0 Å². The van der Waals surface area contributed by atoms with Crippen molar-refractivity contribution in [3.8, 4) is 11.6 Å². The molecule has 1 aromatic carbocycles. The molecule has 0 aliphatic rings. The molecule has 0 aliphatic carbocycles. The van der Waals surface area contributed by atoms with E-state index in [0.29, 0.717) is 5.95 Å². The molecular weight excluding hydrogens is 228 g/mol. The van der Waals surface area contributed by atoms with Crippen molar-refractivity contribution in [2.45, 2.75) is 0 Å². The molecule has 0 fully saturated rings. The average molecular weight is 237 g/mol. The van der Waals surface area contributed by atoms with Gasteiger partial charge in [-0.1, -0.05) is 0 Å². The lowest BCUT2D eigenvalue weighted by atomic mass is 10.3. The Hall–Kier alpha value is -2.24. The zero-order chi connectivity index (χ0) is 12.3. The lowest BCUT2D eigenvalue weighted by Crippen LogP contribution is -1.98. The Bertz CT molecular complexity index is 534. The van der Waals surface area contributed by atoms with Crippen LogP contribution in [0.2, 0.25) is 0 Å². The summed E-state index contributed by atoms with van der Waals surface area (Å²) in [6.07, 6.45) is 1.47. The van der Waals surface area contributed by atoms with Gasteiger partial charge in [-0.25, -0.2) is 13.8 Å². The first kappa shape index (κ1) is 11.3. The van der Waals surface area contributed by atoms with Crippen molar-refractivity contribution in [1.82, 2.24) is 9.97 Å². The molecule has 1 aromatic heterocycles. The minimum absolute atomic E-state index is 0.0906. The van der Waals surface area contributed by atoms with Gasteiger partial charge in [0.25, 0.3) is 0 Å². The number of nitrogens with one attached hydrogen (secondary N) is 1. The number of aromatic nitrogens is 2. The number of anilines is 1. The third-order valence-corrected chi connectivity index (χ3v) is 1.96. The second-order valence-electron chi connectivity index (χ2n) is 3.15. The summed E-state index contributed by atoms with van der Waals surface area (Å²) in [6, 6.07) is 4.53. The minimum Gasteiger partial charge on any atom is -0.436 e. The second-order valence-corrected chi connectivity index (χ2v) is 3.15. The molecule has 17 heavy (non-hydrogen) atoms. The lowest BCUT2D eigenvalue weighted by Gasteiger charge is -2.06. The van der Waals surface area contributed by atoms with Gasteiger partial charge in [0.1, 0.15) is 5.82 Å². The summed E-state index contributed by atoms with van der Waals surface area (Å²) < 4.78 is 31.1. The summed E-state index contributed by atoms with van der Waals surface area (Å²) in [4.78, 5) is 7.83. The highest BCUT2D eigenvalue weighted by Crippen LogP contribution is 2.23. The minimum atomic E-state index is -0.783. The number of ether oxygens (including phenoxy) is 1. The lowest BCUT2D eigenvalue weighted by molar-refractivity contribution is 0.423. The molecule has 2 rings (SSSR count). The summed E-state index contributed by atoms with van der Waals surface area (Å²) in [5.74, 6) is -1.00. The van der Waals surface area contributed by atoms with Crippen molar-refractivity contribution >= 4 is 5.95 Å². The van der Waals surface area contributed by atoms with E-state index in [1.807, 2.05) is 0 Å². The molecule has 0 amide bonds. The maximum absolute atomic E-state index is 13.3. The van der Waals surface area contributed by atoms with Gasteiger partial charge in [-0.2, -0.15) is 4.98 Å². The van der Waals surface area contributed by atoms with Crippen molar-refractivity contribution in [2.75, 3.05) is 12.4 Å². The van der Waals surface area contributed by atoms with E-state index in [1.54, 1.807) is 7.05 Å². The number of nitrogens with zero attached hydrogens (tertiary/aromatic N) is 2. The Morgan fingerprint density at radius 2 is 2.06 bits per heavy atom. The summed E-state index contributed by atoms with van der Waals surface area (Å²) >= 11 is 0. The maximum atomic E-state index is 13.3. The van der Waals surface area contributed by atoms with E-state index in [4.69, 9.17) is 4.74 Å². The number of rotatable bonds is 3. The van der Waals surface area contributed by atoms with Crippen LogP contribution in [0.5, 0.6) is 11.6 Å². The Balaban J connectivity index is 2.25. The summed E-state index contributed by atoms with van der Waals surface area (Å²) in [7, 11) is 1.65. The predicted molar refractivity (Wildman–Crippen MR) is 58.0 cm³/mol. The fourth-order valence-corrected chi connectivity index (χ4v) is 1.19. The molecule has 0 saturated carbocycles. The van der Waals surface area contributed by atoms with Crippen LogP contribution in [-0.4, -0.2) is 17.0 Å². The topological polar surface area (TPSA) is 47.0 Å². The van der Waals surface area contributed by atoms with Gasteiger partial charge in [-0.05, 0) is 12.1 Å². The maximum Gasteiger partial charge on any atom is 0.225 e. The monoisotopic (exact) mass is 237 g/mol. The Morgan fingerprint density at radius 1 is 1.24 bits per heavy atom. The molecule has 0 aliphatic heterocycles. The van der Waals surface area contributed by atoms with Gasteiger partial charge in [-0.3, -0.25) is 0 Å². The highest BCUT2D eigenvalue weighted by molar-refractivity contribution is 5.31. The van der Waals surface area contributed by atoms with Crippen LogP contribution in [0.1, 0.15) is 0 Å². The third-order valence-electron chi connectivity index (χ3n) is 1.96. The molecular formula is C11H9F2N3O. The molecule has 1 heterocycles. The summed E-state index contributed by atoms with van der Waals surface area (Å²) in [5.41, 5.74) is 0. The van der Waals surface area contributed by atoms with E-state index < -0.39 is 11.6 Å². The van der Waals surface area contributed by atoms with Gasteiger partial charge in [-0.15, -0.1) is 0 Å². The molecule has 88 valence electrons. The highest BCUT2D eigenvalue weighted by atomic mass is 19.1. The number of benzene rings is 1. The quantitative estimate of drug-likeness (QED) is 0.891. The fourth-order valence-electron chi connectivity index (χ4n) is 1.19. The normalized spacial score (nSPS) is 10.1. The zero-order valence-corrected chi connectivity index (χ0v) is 8.95. The number of hydrogen-bond donors (Lipinski definition) is 1. The Labute approximate surface area is 96.3 Å². The van der Waals surface area contributed by atoms with E-state index >= 15 is 0 Å². The van der Waals surface area contributed by atoms with E-state index in [2.05, 4.69) is 15.3 Å². The van der Waals surface area contributed by atoms with Gasteiger partial charge in [0.15, 0.2) is 11.6 Å². The zero-order valence-electron chi connectivity index (χ0n) is 8.95. The van der Waals surface area contributed by atoms with Crippen molar-refractivity contribution in [3.63, 3.8) is 0 Å². The smallest absolute Gasteiger partial charge is 0.225 e. The van der Waals surface area contributed by atoms with Crippen LogP contribution >= 0.6 is 0 Å². The third kappa shape index (κ3) is 2.66. The molecule has 0 unspecified atom stereocenters. The average Bonchev–Trinajstić information content (AvgIpc) is 2.33. The molecule has 0 spiro atoms. The number of halogens is 2. The van der Waals surface area contributed by atoms with Gasteiger partial charge >= 0.3 is 0 Å². The number of hydrogen-bond acceptors (Lipinski definition) is 4. The molecule has 2 aromatic rings. The van der Waals surface area contributed by atoms with E-state index in [-0.39, 0.29) is 11.6 Å². The largest absolute Gasteiger partial charge is 0.436 e. The van der Waals surface area contributed by atoms with Gasteiger partial charge in [0.2, 0.25) is 11.8 Å². The first-order valence-corrected chi connectivity index (χ1v) is 4.83. The van der Waals surface area contributed by atoms with Gasteiger partial charge in [0, 0.05) is 25.4 Å². The summed E-state index contributed by atoms with van der Waals surface area (Å²) in [5, 5.41) is 2.72. The van der Waals surface area contributed by atoms with Gasteiger partial charge < -0.3 is 10.1 Å². The Kier molecular flexibility index (Phi) is 3.13. The van der Waals surface area contributed by atoms with E-state index in [9.17, 15) is 8.78 Å². The van der Waals surface area contributed by atoms with Crippen LogP contribution in [0.3, 0.4) is 0 Å². The van der Waals surface area contributed by atoms with Crippen molar-refractivity contribution in [3.05, 3.63) is 42.1 Å². The van der Waals surface area contributed by atoms with Crippen LogP contribution in [0.25, 0.3) is 0 Å². The fraction of sp³-hybridized carbons (Fsp3) is 0.0909. The second kappa shape index (κ2) is 4.73. The van der Waals surface area contributed by atoms with Gasteiger partial charge in [0.05, 0.1) is 0 Å². The summed E-state index contributed by atoms with van der Waals surface area (Å²) in [6.45, 7) is 0. The van der Waals surface area contributed by atoms with Crippen LogP contribution in [-0.2, 0) is 0 Å². The molecule has 1 N–H and O–H groups in total. The molecule has 0 bridgehead atoms. The standard InChI is InChI=1S/C11H9F2N3O/c1-14-11-15-5-4-10(16-11)17-9-3-2-7(12)6-8(9)13/h2-6H,1H3,(H,14,15,16). The van der Waals surface area contributed by atoms with Crippen molar-refractivity contribution < 1.29 is 13.5 Å².